The van der Waals surface area contributed by atoms with E-state index in [-0.39, 0.29) is 35.9 Å². The van der Waals surface area contributed by atoms with Gasteiger partial charge < -0.3 is 20.1 Å². The maximum atomic E-state index is 12.0. The Morgan fingerprint density at radius 3 is 2.59 bits per heavy atom. The Kier molecular flexibility index (Phi) is 12.1. The van der Waals surface area contributed by atoms with Crippen LogP contribution in [0.15, 0.2) is 11.3 Å². The van der Waals surface area contributed by atoms with Crippen LogP contribution < -0.4 is 10.6 Å². The fourth-order valence-electron chi connectivity index (χ4n) is 3.20. The largest absolute Gasteiger partial charge is 0.354 e. The minimum absolute atomic E-state index is 0. The Bertz CT molecular complexity index is 625. The molecule has 0 radical (unpaired) electrons. The fraction of sp³-hybridized carbons (Fsp3) is 0.789. The lowest BCUT2D eigenvalue weighted by atomic mass is 10.3. The second kappa shape index (κ2) is 13.7. The monoisotopic (exact) mass is 520 g/mol. The van der Waals surface area contributed by atoms with Crippen LogP contribution in [0.5, 0.6) is 0 Å². The highest BCUT2D eigenvalue weighted by molar-refractivity contribution is 14.0. The molecular formula is C19H37IN8O. The molecule has 2 heterocycles. The summed E-state index contributed by atoms with van der Waals surface area (Å²) in [6.45, 7) is 14.5. The van der Waals surface area contributed by atoms with Crippen LogP contribution in [-0.4, -0.2) is 88.3 Å². The highest BCUT2D eigenvalue weighted by atomic mass is 127. The van der Waals surface area contributed by atoms with E-state index in [1.54, 1.807) is 6.33 Å². The molecule has 1 aliphatic heterocycles. The molecule has 1 aromatic heterocycles. The highest BCUT2D eigenvalue weighted by Crippen LogP contribution is 2.03. The van der Waals surface area contributed by atoms with Crippen LogP contribution in [0.3, 0.4) is 0 Å². The summed E-state index contributed by atoms with van der Waals surface area (Å²) >= 11 is 0. The number of rotatable bonds is 9. The van der Waals surface area contributed by atoms with E-state index in [1.165, 1.54) is 0 Å². The SMILES string of the molecule is CCCN=C(NCCn1cnnc1CC)N1CCN(CC(=O)NC(C)C)CC1.I. The van der Waals surface area contributed by atoms with Crippen molar-refractivity contribution in [3.8, 4) is 0 Å². The Balaban J connectivity index is 0.00000420. The summed E-state index contributed by atoms with van der Waals surface area (Å²) in [5, 5.41) is 14.6. The summed E-state index contributed by atoms with van der Waals surface area (Å²) in [5.74, 6) is 2.06. The molecule has 10 heteroatoms. The van der Waals surface area contributed by atoms with E-state index >= 15 is 0 Å². The summed E-state index contributed by atoms with van der Waals surface area (Å²) in [6, 6.07) is 0.185. The topological polar surface area (TPSA) is 90.7 Å². The zero-order chi connectivity index (χ0) is 20.4. The molecule has 2 rings (SSSR count). The van der Waals surface area contributed by atoms with Gasteiger partial charge in [0.05, 0.1) is 6.54 Å². The lowest BCUT2D eigenvalue weighted by Crippen LogP contribution is -2.54. The number of aryl methyl sites for hydroxylation is 1. The first-order valence-corrected chi connectivity index (χ1v) is 10.4. The molecule has 0 atom stereocenters. The van der Waals surface area contributed by atoms with Gasteiger partial charge in [-0.2, -0.15) is 0 Å². The maximum absolute atomic E-state index is 12.0. The van der Waals surface area contributed by atoms with Gasteiger partial charge in [-0.25, -0.2) is 0 Å². The van der Waals surface area contributed by atoms with Crippen LogP contribution in [-0.2, 0) is 17.8 Å². The van der Waals surface area contributed by atoms with E-state index < -0.39 is 0 Å². The number of hydrogen-bond donors (Lipinski definition) is 2. The molecule has 9 nitrogen and oxygen atoms in total. The number of amides is 1. The molecule has 29 heavy (non-hydrogen) atoms. The summed E-state index contributed by atoms with van der Waals surface area (Å²) in [5.41, 5.74) is 0. The molecule has 0 spiro atoms. The number of hydrogen-bond acceptors (Lipinski definition) is 5. The van der Waals surface area contributed by atoms with Gasteiger partial charge in [0.15, 0.2) is 5.96 Å². The average molecular weight is 520 g/mol. The van der Waals surface area contributed by atoms with Crippen LogP contribution in [0.2, 0.25) is 0 Å². The third kappa shape index (κ3) is 8.85. The zero-order valence-corrected chi connectivity index (χ0v) is 20.6. The van der Waals surface area contributed by atoms with E-state index in [1.807, 2.05) is 13.8 Å². The van der Waals surface area contributed by atoms with Gasteiger partial charge in [0.1, 0.15) is 12.2 Å². The number of aliphatic imine (C=N–C) groups is 1. The van der Waals surface area contributed by atoms with E-state index in [2.05, 4.69) is 49.0 Å². The zero-order valence-electron chi connectivity index (χ0n) is 18.2. The van der Waals surface area contributed by atoms with E-state index in [9.17, 15) is 4.79 Å². The third-order valence-electron chi connectivity index (χ3n) is 4.62. The third-order valence-corrected chi connectivity index (χ3v) is 4.62. The lowest BCUT2D eigenvalue weighted by molar-refractivity contribution is -0.123. The normalized spacial score (nSPS) is 15.3. The molecule has 0 bridgehead atoms. The van der Waals surface area contributed by atoms with E-state index in [4.69, 9.17) is 4.99 Å². The first kappa shape index (κ1) is 25.6. The summed E-state index contributed by atoms with van der Waals surface area (Å²) in [7, 11) is 0. The minimum Gasteiger partial charge on any atom is -0.354 e. The number of piperazine rings is 1. The van der Waals surface area contributed by atoms with Crippen LogP contribution in [0.4, 0.5) is 0 Å². The molecule has 166 valence electrons. The van der Waals surface area contributed by atoms with Gasteiger partial charge >= 0.3 is 0 Å². The van der Waals surface area contributed by atoms with E-state index in [0.717, 1.165) is 70.4 Å². The molecule has 0 aliphatic carbocycles. The standard InChI is InChI=1S/C19H36N8O.HI/c1-5-7-20-19(21-8-9-27-15-22-24-17(27)6-2)26-12-10-25(11-13-26)14-18(28)23-16(3)4;/h15-16H,5-14H2,1-4H3,(H,20,21)(H,23,28);1H. The molecule has 2 N–H and O–H groups in total. The molecule has 0 saturated carbocycles. The summed E-state index contributed by atoms with van der Waals surface area (Å²) in [6.07, 6.45) is 3.68. The number of guanidine groups is 1. The number of halogens is 1. The molecule has 1 aliphatic rings. The number of aromatic nitrogens is 3. The Morgan fingerprint density at radius 1 is 1.24 bits per heavy atom. The highest BCUT2D eigenvalue weighted by Gasteiger charge is 2.21. The molecule has 1 aromatic rings. The van der Waals surface area contributed by atoms with Gasteiger partial charge in [-0.1, -0.05) is 13.8 Å². The van der Waals surface area contributed by atoms with Gasteiger partial charge in [-0.15, -0.1) is 34.2 Å². The average Bonchev–Trinajstić information content (AvgIpc) is 3.12. The Morgan fingerprint density at radius 2 is 1.97 bits per heavy atom. The Hall–Kier alpha value is -1.43. The number of carbonyl (C=O) groups excluding carboxylic acids is 1. The Labute approximate surface area is 191 Å². The number of carbonyl (C=O) groups is 1. The second-order valence-electron chi connectivity index (χ2n) is 7.41. The smallest absolute Gasteiger partial charge is 0.234 e. The predicted octanol–water partition coefficient (Wildman–Crippen LogP) is 0.956. The predicted molar refractivity (Wildman–Crippen MR) is 127 cm³/mol. The van der Waals surface area contributed by atoms with Gasteiger partial charge in [0.2, 0.25) is 5.91 Å². The van der Waals surface area contributed by atoms with Crippen molar-refractivity contribution >= 4 is 35.8 Å². The quantitative estimate of drug-likeness (QED) is 0.287. The lowest BCUT2D eigenvalue weighted by Gasteiger charge is -2.36. The van der Waals surface area contributed by atoms with Crippen molar-refractivity contribution in [2.75, 3.05) is 45.8 Å². The molecule has 0 unspecified atom stereocenters. The van der Waals surface area contributed by atoms with Crippen molar-refractivity contribution in [3.05, 3.63) is 12.2 Å². The van der Waals surface area contributed by atoms with Gasteiger partial charge in [0, 0.05) is 58.3 Å². The van der Waals surface area contributed by atoms with Gasteiger partial charge in [0.25, 0.3) is 0 Å². The number of nitrogens with zero attached hydrogens (tertiary/aromatic N) is 6. The van der Waals surface area contributed by atoms with Crippen LogP contribution in [0, 0.1) is 0 Å². The van der Waals surface area contributed by atoms with Crippen molar-refractivity contribution in [3.63, 3.8) is 0 Å². The van der Waals surface area contributed by atoms with Crippen molar-refractivity contribution in [2.24, 2.45) is 4.99 Å². The molecule has 1 amide bonds. The summed E-state index contributed by atoms with van der Waals surface area (Å²) in [4.78, 5) is 21.2. The molecular weight excluding hydrogens is 483 g/mol. The first-order valence-electron chi connectivity index (χ1n) is 10.4. The molecule has 1 fully saturated rings. The minimum atomic E-state index is 0. The second-order valence-corrected chi connectivity index (χ2v) is 7.41. The van der Waals surface area contributed by atoms with Crippen LogP contribution >= 0.6 is 24.0 Å². The van der Waals surface area contributed by atoms with Crippen LogP contribution in [0.25, 0.3) is 0 Å². The molecule has 1 saturated heterocycles. The molecule has 0 aromatic carbocycles. The van der Waals surface area contributed by atoms with Crippen molar-refractivity contribution in [1.82, 2.24) is 35.2 Å². The van der Waals surface area contributed by atoms with Gasteiger partial charge in [-0.3, -0.25) is 14.7 Å². The first-order chi connectivity index (χ1) is 13.5. The maximum Gasteiger partial charge on any atom is 0.234 e. The van der Waals surface area contributed by atoms with Crippen molar-refractivity contribution in [2.45, 2.75) is 53.1 Å². The van der Waals surface area contributed by atoms with Crippen molar-refractivity contribution < 1.29 is 4.79 Å². The van der Waals surface area contributed by atoms with Gasteiger partial charge in [-0.05, 0) is 20.3 Å². The fourth-order valence-corrected chi connectivity index (χ4v) is 3.20. The van der Waals surface area contributed by atoms with Crippen molar-refractivity contribution in [1.29, 1.82) is 0 Å². The summed E-state index contributed by atoms with van der Waals surface area (Å²) < 4.78 is 2.08. The van der Waals surface area contributed by atoms with Crippen LogP contribution in [0.1, 0.15) is 39.9 Å². The number of nitrogens with one attached hydrogen (secondary N) is 2. The van der Waals surface area contributed by atoms with E-state index in [0.29, 0.717) is 6.54 Å².